The van der Waals surface area contributed by atoms with Crippen molar-refractivity contribution in [1.82, 2.24) is 0 Å². The molecule has 0 N–H and O–H groups in total. The van der Waals surface area contributed by atoms with E-state index in [-0.39, 0.29) is 5.43 Å². The Bertz CT molecular complexity index is 746. The molecule has 0 unspecified atom stereocenters. The Hall–Kier alpha value is -1.19. The van der Waals surface area contributed by atoms with Crippen molar-refractivity contribution in [2.45, 2.75) is 0 Å². The van der Waals surface area contributed by atoms with Gasteiger partial charge in [-0.3, -0.25) is 4.79 Å². The largest absolute Gasteiger partial charge is 0.289 e. The summed E-state index contributed by atoms with van der Waals surface area (Å²) in [6.45, 7) is 0. The fraction of sp³-hybridized carbons (Fsp3) is 0. The Kier molecular flexibility index (Phi) is 2.30. The van der Waals surface area contributed by atoms with E-state index in [1.807, 2.05) is 42.5 Å². The van der Waals surface area contributed by atoms with E-state index < -0.39 is 0 Å². The van der Waals surface area contributed by atoms with Crippen LogP contribution in [0.2, 0.25) is 0 Å². The van der Waals surface area contributed by atoms with Gasteiger partial charge in [-0.2, -0.15) is 0 Å². The highest BCUT2D eigenvalue weighted by molar-refractivity contribution is 9.10. The maximum atomic E-state index is 12.2. The van der Waals surface area contributed by atoms with Crippen LogP contribution in [0.15, 0.2) is 51.7 Å². The Morgan fingerprint density at radius 1 is 0.938 bits per heavy atom. The lowest BCUT2D eigenvalue weighted by atomic mass is 10.2. The molecule has 3 rings (SSSR count). The van der Waals surface area contributed by atoms with Crippen LogP contribution in [0.25, 0.3) is 20.2 Å². The Balaban J connectivity index is 2.67. The summed E-state index contributed by atoms with van der Waals surface area (Å²) in [5, 5.41) is 1.59. The lowest BCUT2D eigenvalue weighted by Gasteiger charge is -2.01. The smallest absolute Gasteiger partial charge is 0.195 e. The van der Waals surface area contributed by atoms with Gasteiger partial charge in [0.25, 0.3) is 0 Å². The van der Waals surface area contributed by atoms with Gasteiger partial charge in [0.15, 0.2) is 5.43 Å². The van der Waals surface area contributed by atoms with Crippen molar-refractivity contribution >= 4 is 47.4 Å². The molecule has 0 atom stereocenters. The summed E-state index contributed by atoms with van der Waals surface area (Å²) < 4.78 is 3.04. The van der Waals surface area contributed by atoms with Crippen molar-refractivity contribution in [1.29, 1.82) is 0 Å². The molecule has 0 spiro atoms. The van der Waals surface area contributed by atoms with E-state index >= 15 is 0 Å². The summed E-state index contributed by atoms with van der Waals surface area (Å²) in [5.41, 5.74) is 0.116. The van der Waals surface area contributed by atoms with Gasteiger partial charge >= 0.3 is 0 Å². The van der Waals surface area contributed by atoms with Crippen molar-refractivity contribution in [2.75, 3.05) is 0 Å². The molecule has 1 aromatic heterocycles. The highest BCUT2D eigenvalue weighted by atomic mass is 79.9. The van der Waals surface area contributed by atoms with E-state index in [1.165, 1.54) is 0 Å². The van der Waals surface area contributed by atoms with Gasteiger partial charge < -0.3 is 0 Å². The van der Waals surface area contributed by atoms with Crippen LogP contribution in [-0.2, 0) is 0 Å². The molecular formula is C13H7BrOS. The molecule has 78 valence electrons. The monoisotopic (exact) mass is 290 g/mol. The molecule has 0 aliphatic carbocycles. The first-order chi connectivity index (χ1) is 7.77. The minimum Gasteiger partial charge on any atom is -0.289 e. The predicted octanol–water partition coefficient (Wildman–Crippen LogP) is 4.18. The standard InChI is InChI=1S/C13H7BrOS/c14-10-6-3-5-9-12(15)8-4-1-2-7-11(8)16-13(9)10/h1-7H. The molecule has 0 bridgehead atoms. The quantitative estimate of drug-likeness (QED) is 0.568. The zero-order valence-electron chi connectivity index (χ0n) is 8.24. The fourth-order valence-electron chi connectivity index (χ4n) is 1.79. The Morgan fingerprint density at radius 2 is 1.69 bits per heavy atom. The van der Waals surface area contributed by atoms with E-state index in [0.29, 0.717) is 0 Å². The van der Waals surface area contributed by atoms with Crippen LogP contribution in [0.5, 0.6) is 0 Å². The van der Waals surface area contributed by atoms with Crippen LogP contribution in [0.3, 0.4) is 0 Å². The van der Waals surface area contributed by atoms with Gasteiger partial charge in [0.1, 0.15) is 0 Å². The molecule has 3 heteroatoms. The summed E-state index contributed by atoms with van der Waals surface area (Å²) in [6.07, 6.45) is 0. The molecule has 0 saturated carbocycles. The minimum absolute atomic E-state index is 0.116. The molecule has 0 radical (unpaired) electrons. The molecule has 1 heterocycles. The third-order valence-electron chi connectivity index (χ3n) is 2.56. The molecule has 0 fully saturated rings. The number of rotatable bonds is 0. The van der Waals surface area contributed by atoms with E-state index in [0.717, 1.165) is 24.6 Å². The number of halogens is 1. The van der Waals surface area contributed by atoms with Gasteiger partial charge in [-0.05, 0) is 40.2 Å². The third kappa shape index (κ3) is 1.39. The van der Waals surface area contributed by atoms with E-state index in [4.69, 9.17) is 0 Å². The summed E-state index contributed by atoms with van der Waals surface area (Å²) in [5.74, 6) is 0. The maximum Gasteiger partial charge on any atom is 0.195 e. The summed E-state index contributed by atoms with van der Waals surface area (Å²) >= 11 is 5.13. The summed E-state index contributed by atoms with van der Waals surface area (Å²) in [6, 6.07) is 13.5. The fourth-order valence-corrected chi connectivity index (χ4v) is 3.47. The van der Waals surface area contributed by atoms with Crippen molar-refractivity contribution < 1.29 is 0 Å². The van der Waals surface area contributed by atoms with Crippen LogP contribution >= 0.6 is 27.3 Å². The van der Waals surface area contributed by atoms with Crippen LogP contribution in [0.4, 0.5) is 0 Å². The molecular weight excluding hydrogens is 284 g/mol. The molecule has 0 amide bonds. The Labute approximate surface area is 104 Å². The number of fused-ring (bicyclic) bond motifs is 2. The lowest BCUT2D eigenvalue weighted by molar-refractivity contribution is 1.72. The second kappa shape index (κ2) is 3.68. The number of benzene rings is 2. The van der Waals surface area contributed by atoms with E-state index in [2.05, 4.69) is 15.9 Å². The van der Waals surface area contributed by atoms with E-state index in [9.17, 15) is 4.79 Å². The van der Waals surface area contributed by atoms with Crippen LogP contribution < -0.4 is 5.43 Å². The first kappa shape index (κ1) is 10.00. The molecule has 2 aromatic carbocycles. The van der Waals surface area contributed by atoms with Gasteiger partial charge in [-0.25, -0.2) is 0 Å². The number of hydrogen-bond donors (Lipinski definition) is 0. The van der Waals surface area contributed by atoms with Gasteiger partial charge in [0, 0.05) is 19.9 Å². The van der Waals surface area contributed by atoms with Gasteiger partial charge in [-0.1, -0.05) is 18.2 Å². The molecule has 0 aliphatic heterocycles. The highest BCUT2D eigenvalue weighted by Gasteiger charge is 2.06. The van der Waals surface area contributed by atoms with E-state index in [1.54, 1.807) is 11.3 Å². The Morgan fingerprint density at radius 3 is 2.56 bits per heavy atom. The topological polar surface area (TPSA) is 17.1 Å². The average Bonchev–Trinajstić information content (AvgIpc) is 2.31. The molecule has 16 heavy (non-hydrogen) atoms. The summed E-state index contributed by atoms with van der Waals surface area (Å²) in [4.78, 5) is 12.2. The predicted molar refractivity (Wildman–Crippen MR) is 73.3 cm³/mol. The van der Waals surface area contributed by atoms with Gasteiger partial charge in [-0.15, -0.1) is 11.3 Å². The molecule has 0 saturated heterocycles. The summed E-state index contributed by atoms with van der Waals surface area (Å²) in [7, 11) is 0. The van der Waals surface area contributed by atoms with Crippen LogP contribution in [-0.4, -0.2) is 0 Å². The maximum absolute atomic E-state index is 12.2. The third-order valence-corrected chi connectivity index (χ3v) is 4.70. The van der Waals surface area contributed by atoms with Crippen molar-refractivity contribution in [3.8, 4) is 0 Å². The zero-order chi connectivity index (χ0) is 11.1. The number of hydrogen-bond acceptors (Lipinski definition) is 2. The molecule has 3 aromatic rings. The molecule has 0 aliphatic rings. The second-order valence-corrected chi connectivity index (χ2v) is 5.45. The van der Waals surface area contributed by atoms with Gasteiger partial charge in [0.05, 0.1) is 4.70 Å². The van der Waals surface area contributed by atoms with Crippen LogP contribution in [0.1, 0.15) is 0 Å². The second-order valence-electron chi connectivity index (χ2n) is 3.54. The highest BCUT2D eigenvalue weighted by Crippen LogP contribution is 2.29. The zero-order valence-corrected chi connectivity index (χ0v) is 10.6. The van der Waals surface area contributed by atoms with Crippen molar-refractivity contribution in [2.24, 2.45) is 0 Å². The van der Waals surface area contributed by atoms with Crippen LogP contribution in [0, 0.1) is 0 Å². The normalized spacial score (nSPS) is 11.1. The molecule has 1 nitrogen and oxygen atoms in total. The first-order valence-electron chi connectivity index (χ1n) is 4.87. The average molecular weight is 291 g/mol. The van der Waals surface area contributed by atoms with Crippen molar-refractivity contribution in [3.63, 3.8) is 0 Å². The first-order valence-corrected chi connectivity index (χ1v) is 6.48. The van der Waals surface area contributed by atoms with Crippen molar-refractivity contribution in [3.05, 3.63) is 57.2 Å². The SMILES string of the molecule is O=c1c2ccccc2sc2c(Br)cccc12. The van der Waals surface area contributed by atoms with Gasteiger partial charge in [0.2, 0.25) is 0 Å². The minimum atomic E-state index is 0.116. The lowest BCUT2D eigenvalue weighted by Crippen LogP contribution is -2.00.